The lowest BCUT2D eigenvalue weighted by molar-refractivity contribution is -0.122. The van der Waals surface area contributed by atoms with Gasteiger partial charge in [0.05, 0.1) is 13.2 Å². The quantitative estimate of drug-likeness (QED) is 0.608. The van der Waals surface area contributed by atoms with Crippen LogP contribution in [0.3, 0.4) is 0 Å². The van der Waals surface area contributed by atoms with E-state index in [4.69, 9.17) is 4.74 Å². The molecule has 1 aliphatic carbocycles. The molecule has 0 aromatic carbocycles. The maximum Gasteiger partial charge on any atom is 0.234 e. The summed E-state index contributed by atoms with van der Waals surface area (Å²) in [6.45, 7) is 5.92. The highest BCUT2D eigenvalue weighted by molar-refractivity contribution is 5.78. The number of carbonyl (C=O) groups excluding carboxylic acids is 1. The van der Waals surface area contributed by atoms with E-state index in [0.29, 0.717) is 25.6 Å². The summed E-state index contributed by atoms with van der Waals surface area (Å²) in [5.74, 6) is 0.739. The van der Waals surface area contributed by atoms with Crippen molar-refractivity contribution < 1.29 is 9.53 Å². The van der Waals surface area contributed by atoms with Gasteiger partial charge in [-0.15, -0.1) is 0 Å². The van der Waals surface area contributed by atoms with Crippen molar-refractivity contribution in [2.75, 3.05) is 26.8 Å². The molecule has 1 rings (SSSR count). The van der Waals surface area contributed by atoms with Crippen molar-refractivity contribution in [2.24, 2.45) is 5.92 Å². The van der Waals surface area contributed by atoms with Gasteiger partial charge in [0, 0.05) is 19.2 Å². The fraction of sp³-hybridized carbons (Fsp3) is 0.909. The van der Waals surface area contributed by atoms with Crippen LogP contribution in [-0.2, 0) is 9.53 Å². The zero-order valence-electron chi connectivity index (χ0n) is 9.93. The van der Waals surface area contributed by atoms with Crippen molar-refractivity contribution in [2.45, 2.75) is 32.2 Å². The number of ether oxygens (including phenoxy) is 1. The van der Waals surface area contributed by atoms with Crippen LogP contribution in [0, 0.1) is 5.92 Å². The number of hydrogen-bond acceptors (Lipinski definition) is 3. The molecule has 0 bridgehead atoms. The van der Waals surface area contributed by atoms with Gasteiger partial charge in [-0.05, 0) is 32.6 Å². The molecule has 0 aromatic heterocycles. The van der Waals surface area contributed by atoms with Gasteiger partial charge in [0.15, 0.2) is 0 Å². The largest absolute Gasteiger partial charge is 0.383 e. The number of amides is 1. The molecule has 0 radical (unpaired) electrons. The molecule has 15 heavy (non-hydrogen) atoms. The molecule has 1 amide bonds. The van der Waals surface area contributed by atoms with Crippen molar-refractivity contribution in [1.29, 1.82) is 0 Å². The Hall–Kier alpha value is -0.610. The molecule has 0 atom stereocenters. The predicted molar refractivity (Wildman–Crippen MR) is 59.7 cm³/mol. The van der Waals surface area contributed by atoms with Crippen molar-refractivity contribution >= 4 is 5.91 Å². The van der Waals surface area contributed by atoms with Crippen molar-refractivity contribution in [3.05, 3.63) is 0 Å². The topological polar surface area (TPSA) is 50.4 Å². The lowest BCUT2D eigenvalue weighted by atomic mass is 9.99. The molecule has 0 spiro atoms. The standard InChI is InChI=1S/C11H22N2O2/c1-11(2,9-4-5-9)13-10(14)8-12-6-7-15-3/h9,12H,4-8H2,1-3H3,(H,13,14). The summed E-state index contributed by atoms with van der Waals surface area (Å²) in [6, 6.07) is 0. The third-order valence-electron chi connectivity index (χ3n) is 2.83. The van der Waals surface area contributed by atoms with Crippen LogP contribution in [0.15, 0.2) is 0 Å². The maximum absolute atomic E-state index is 11.5. The fourth-order valence-corrected chi connectivity index (χ4v) is 1.69. The van der Waals surface area contributed by atoms with E-state index in [2.05, 4.69) is 24.5 Å². The summed E-state index contributed by atoms with van der Waals surface area (Å²) >= 11 is 0. The first-order valence-electron chi connectivity index (χ1n) is 5.57. The van der Waals surface area contributed by atoms with Crippen LogP contribution in [0.25, 0.3) is 0 Å². The first kappa shape index (κ1) is 12.5. The van der Waals surface area contributed by atoms with Crippen LogP contribution in [0.4, 0.5) is 0 Å². The SMILES string of the molecule is COCCNCC(=O)NC(C)(C)C1CC1. The van der Waals surface area contributed by atoms with E-state index in [1.807, 2.05) is 0 Å². The molecular weight excluding hydrogens is 192 g/mol. The van der Waals surface area contributed by atoms with Crippen LogP contribution in [0.5, 0.6) is 0 Å². The molecule has 88 valence electrons. The third kappa shape index (κ3) is 4.62. The highest BCUT2D eigenvalue weighted by Crippen LogP contribution is 2.38. The minimum atomic E-state index is -0.0416. The smallest absolute Gasteiger partial charge is 0.234 e. The monoisotopic (exact) mass is 214 g/mol. The summed E-state index contributed by atoms with van der Waals surface area (Å²) in [6.07, 6.45) is 2.48. The molecule has 0 aromatic rings. The Balaban J connectivity index is 2.12. The van der Waals surface area contributed by atoms with Gasteiger partial charge in [0.2, 0.25) is 5.91 Å². The molecule has 1 aliphatic rings. The van der Waals surface area contributed by atoms with E-state index in [0.717, 1.165) is 0 Å². The number of methoxy groups -OCH3 is 1. The lowest BCUT2D eigenvalue weighted by Crippen LogP contribution is -2.48. The van der Waals surface area contributed by atoms with Crippen molar-refractivity contribution in [1.82, 2.24) is 10.6 Å². The van der Waals surface area contributed by atoms with Crippen LogP contribution in [0.2, 0.25) is 0 Å². The number of hydrogen-bond donors (Lipinski definition) is 2. The first-order chi connectivity index (χ1) is 7.06. The molecule has 0 heterocycles. The highest BCUT2D eigenvalue weighted by atomic mass is 16.5. The Labute approximate surface area is 91.8 Å². The normalized spacial score (nSPS) is 16.5. The Morgan fingerprint density at radius 1 is 1.47 bits per heavy atom. The minimum absolute atomic E-state index is 0.0416. The second-order valence-electron chi connectivity index (χ2n) is 4.71. The van der Waals surface area contributed by atoms with E-state index in [9.17, 15) is 4.79 Å². The average Bonchev–Trinajstić information content (AvgIpc) is 2.94. The molecular formula is C11H22N2O2. The summed E-state index contributed by atoms with van der Waals surface area (Å²) in [4.78, 5) is 11.5. The molecule has 0 unspecified atom stereocenters. The molecule has 4 nitrogen and oxygen atoms in total. The van der Waals surface area contributed by atoms with Gasteiger partial charge in [-0.1, -0.05) is 0 Å². The van der Waals surface area contributed by atoms with E-state index in [1.54, 1.807) is 7.11 Å². The van der Waals surface area contributed by atoms with Crippen molar-refractivity contribution in [3.8, 4) is 0 Å². The van der Waals surface area contributed by atoms with Crippen LogP contribution >= 0.6 is 0 Å². The van der Waals surface area contributed by atoms with E-state index in [1.165, 1.54) is 12.8 Å². The van der Waals surface area contributed by atoms with Gasteiger partial charge in [0.25, 0.3) is 0 Å². The summed E-state index contributed by atoms with van der Waals surface area (Å²) in [5, 5.41) is 6.08. The zero-order chi connectivity index (χ0) is 11.3. The van der Waals surface area contributed by atoms with Gasteiger partial charge in [-0.3, -0.25) is 4.79 Å². The van der Waals surface area contributed by atoms with Crippen LogP contribution in [-0.4, -0.2) is 38.3 Å². The lowest BCUT2D eigenvalue weighted by Gasteiger charge is -2.26. The van der Waals surface area contributed by atoms with E-state index in [-0.39, 0.29) is 11.4 Å². The number of carbonyl (C=O) groups is 1. The molecule has 2 N–H and O–H groups in total. The van der Waals surface area contributed by atoms with Gasteiger partial charge < -0.3 is 15.4 Å². The molecule has 1 saturated carbocycles. The van der Waals surface area contributed by atoms with Crippen molar-refractivity contribution in [3.63, 3.8) is 0 Å². The van der Waals surface area contributed by atoms with E-state index >= 15 is 0 Å². The minimum Gasteiger partial charge on any atom is -0.383 e. The fourth-order valence-electron chi connectivity index (χ4n) is 1.69. The first-order valence-corrected chi connectivity index (χ1v) is 5.57. The molecule has 0 aliphatic heterocycles. The average molecular weight is 214 g/mol. The second-order valence-corrected chi connectivity index (χ2v) is 4.71. The molecule has 1 fully saturated rings. The summed E-state index contributed by atoms with van der Waals surface area (Å²) < 4.78 is 4.88. The Morgan fingerprint density at radius 2 is 2.13 bits per heavy atom. The number of nitrogens with one attached hydrogen (secondary N) is 2. The van der Waals surface area contributed by atoms with Gasteiger partial charge in [0.1, 0.15) is 0 Å². The highest BCUT2D eigenvalue weighted by Gasteiger charge is 2.38. The summed E-state index contributed by atoms with van der Waals surface area (Å²) in [5.41, 5.74) is -0.0416. The molecule has 0 saturated heterocycles. The van der Waals surface area contributed by atoms with Gasteiger partial charge in [-0.2, -0.15) is 0 Å². The third-order valence-corrected chi connectivity index (χ3v) is 2.83. The summed E-state index contributed by atoms with van der Waals surface area (Å²) in [7, 11) is 1.65. The van der Waals surface area contributed by atoms with Gasteiger partial charge in [-0.25, -0.2) is 0 Å². The number of rotatable bonds is 7. The van der Waals surface area contributed by atoms with E-state index < -0.39 is 0 Å². The van der Waals surface area contributed by atoms with Crippen LogP contribution < -0.4 is 10.6 Å². The Bertz CT molecular complexity index is 213. The zero-order valence-corrected chi connectivity index (χ0v) is 9.93. The molecule has 4 heteroatoms. The predicted octanol–water partition coefficient (Wildman–Crippen LogP) is 0.527. The Kier molecular flexibility index (Phi) is 4.54. The Morgan fingerprint density at radius 3 is 2.67 bits per heavy atom. The van der Waals surface area contributed by atoms with Crippen LogP contribution in [0.1, 0.15) is 26.7 Å². The second kappa shape index (κ2) is 5.47. The maximum atomic E-state index is 11.5. The van der Waals surface area contributed by atoms with Gasteiger partial charge >= 0.3 is 0 Å².